The van der Waals surface area contributed by atoms with Gasteiger partial charge in [0, 0.05) is 6.54 Å². The quantitative estimate of drug-likeness (QED) is 0.511. The zero-order valence-corrected chi connectivity index (χ0v) is 17.2. The van der Waals surface area contributed by atoms with Crippen LogP contribution in [0.25, 0.3) is 0 Å². The minimum atomic E-state index is -0.927. The lowest BCUT2D eigenvalue weighted by atomic mass is 9.73. The Labute approximate surface area is 175 Å². The molecule has 1 saturated heterocycles. The second kappa shape index (κ2) is 9.15. The van der Waals surface area contributed by atoms with Gasteiger partial charge in [0.1, 0.15) is 17.8 Å². The van der Waals surface area contributed by atoms with Crippen LogP contribution in [0.1, 0.15) is 38.2 Å². The van der Waals surface area contributed by atoms with E-state index in [9.17, 15) is 19.2 Å². The number of urea groups is 1. The first kappa shape index (κ1) is 21.6. The summed E-state index contributed by atoms with van der Waals surface area (Å²) in [6.07, 6.45) is 3.27. The molecule has 1 saturated carbocycles. The van der Waals surface area contributed by atoms with Crippen LogP contribution in [0.3, 0.4) is 0 Å². The van der Waals surface area contributed by atoms with E-state index < -0.39 is 36.6 Å². The molecular formula is C21H27N3O6. The first-order valence-corrected chi connectivity index (χ1v) is 10.0. The zero-order valence-electron chi connectivity index (χ0n) is 17.2. The maximum atomic E-state index is 12.8. The number of rotatable bonds is 7. The molecule has 0 radical (unpaired) electrons. The largest absolute Gasteiger partial charge is 0.497 e. The molecule has 0 aromatic heterocycles. The SMILES string of the molecule is COc1cccc(CNC(=O)COC(=O)CN2C(=O)N[C@@]3(CCCC[C@H]3C)C2=O)c1. The van der Waals surface area contributed by atoms with Crippen molar-refractivity contribution in [2.24, 2.45) is 5.92 Å². The summed E-state index contributed by atoms with van der Waals surface area (Å²) in [6.45, 7) is 1.18. The molecular weight excluding hydrogens is 390 g/mol. The number of ether oxygens (including phenoxy) is 2. The summed E-state index contributed by atoms with van der Waals surface area (Å²) in [4.78, 5) is 50.1. The predicted octanol–water partition coefficient (Wildman–Crippen LogP) is 1.36. The topological polar surface area (TPSA) is 114 Å². The third kappa shape index (κ3) is 4.55. The molecule has 1 spiro atoms. The van der Waals surface area contributed by atoms with E-state index in [2.05, 4.69) is 10.6 Å². The number of nitrogens with one attached hydrogen (secondary N) is 2. The van der Waals surface area contributed by atoms with Crippen molar-refractivity contribution in [3.63, 3.8) is 0 Å². The molecule has 0 unspecified atom stereocenters. The Bertz CT molecular complexity index is 842. The fourth-order valence-electron chi connectivity index (χ4n) is 3.99. The van der Waals surface area contributed by atoms with Crippen molar-refractivity contribution in [3.8, 4) is 5.75 Å². The van der Waals surface area contributed by atoms with Crippen molar-refractivity contribution < 1.29 is 28.7 Å². The lowest BCUT2D eigenvalue weighted by Gasteiger charge is -2.36. The Morgan fingerprint density at radius 1 is 1.30 bits per heavy atom. The number of hydrogen-bond acceptors (Lipinski definition) is 6. The molecule has 9 nitrogen and oxygen atoms in total. The molecule has 1 aliphatic heterocycles. The smallest absolute Gasteiger partial charge is 0.326 e. The Morgan fingerprint density at radius 3 is 2.83 bits per heavy atom. The number of carbonyl (C=O) groups is 4. The van der Waals surface area contributed by atoms with E-state index in [-0.39, 0.29) is 18.4 Å². The molecule has 2 fully saturated rings. The first-order valence-electron chi connectivity index (χ1n) is 10.0. The summed E-state index contributed by atoms with van der Waals surface area (Å²) in [6, 6.07) is 6.62. The summed E-state index contributed by atoms with van der Waals surface area (Å²) in [5.74, 6) is -1.01. The van der Waals surface area contributed by atoms with Crippen molar-refractivity contribution in [2.45, 2.75) is 44.7 Å². The van der Waals surface area contributed by atoms with E-state index in [1.54, 1.807) is 25.3 Å². The molecule has 9 heteroatoms. The zero-order chi connectivity index (χ0) is 21.7. The fraction of sp³-hybridized carbons (Fsp3) is 0.524. The number of nitrogens with zero attached hydrogens (tertiary/aromatic N) is 1. The highest BCUT2D eigenvalue weighted by atomic mass is 16.5. The summed E-state index contributed by atoms with van der Waals surface area (Å²) >= 11 is 0. The maximum absolute atomic E-state index is 12.8. The molecule has 162 valence electrons. The minimum Gasteiger partial charge on any atom is -0.497 e. The Balaban J connectivity index is 1.46. The lowest BCUT2D eigenvalue weighted by Crippen LogP contribution is -2.54. The third-order valence-corrected chi connectivity index (χ3v) is 5.78. The van der Waals surface area contributed by atoms with Crippen LogP contribution in [0.15, 0.2) is 24.3 Å². The van der Waals surface area contributed by atoms with Crippen molar-refractivity contribution in [2.75, 3.05) is 20.3 Å². The number of methoxy groups -OCH3 is 1. The summed E-state index contributed by atoms with van der Waals surface area (Å²) in [7, 11) is 1.55. The van der Waals surface area contributed by atoms with Crippen LogP contribution in [0, 0.1) is 5.92 Å². The Kier molecular flexibility index (Phi) is 6.59. The van der Waals surface area contributed by atoms with Gasteiger partial charge < -0.3 is 20.1 Å². The summed E-state index contributed by atoms with van der Waals surface area (Å²) in [5, 5.41) is 5.41. The molecule has 1 aliphatic carbocycles. The maximum Gasteiger partial charge on any atom is 0.326 e. The van der Waals surface area contributed by atoms with Crippen LogP contribution >= 0.6 is 0 Å². The molecule has 2 atom stereocenters. The van der Waals surface area contributed by atoms with Crippen molar-refractivity contribution in [1.82, 2.24) is 15.5 Å². The van der Waals surface area contributed by atoms with Gasteiger partial charge in [0.2, 0.25) is 0 Å². The van der Waals surface area contributed by atoms with Crippen LogP contribution in [0.5, 0.6) is 5.75 Å². The summed E-state index contributed by atoms with van der Waals surface area (Å²) < 4.78 is 10.1. The van der Waals surface area contributed by atoms with Gasteiger partial charge in [0.25, 0.3) is 11.8 Å². The lowest BCUT2D eigenvalue weighted by molar-refractivity contribution is -0.151. The number of hydrogen-bond donors (Lipinski definition) is 2. The number of esters is 1. The van der Waals surface area contributed by atoms with E-state index >= 15 is 0 Å². The van der Waals surface area contributed by atoms with Crippen molar-refractivity contribution in [1.29, 1.82) is 0 Å². The fourth-order valence-corrected chi connectivity index (χ4v) is 3.99. The third-order valence-electron chi connectivity index (χ3n) is 5.78. The highest BCUT2D eigenvalue weighted by Crippen LogP contribution is 2.38. The monoisotopic (exact) mass is 417 g/mol. The van der Waals surface area contributed by atoms with Gasteiger partial charge in [-0.1, -0.05) is 31.9 Å². The molecule has 2 aliphatic rings. The average molecular weight is 417 g/mol. The van der Waals surface area contributed by atoms with Gasteiger partial charge in [0.15, 0.2) is 6.61 Å². The van der Waals surface area contributed by atoms with E-state index in [1.807, 2.05) is 13.0 Å². The number of benzene rings is 1. The molecule has 1 aromatic carbocycles. The Hall–Kier alpha value is -3.10. The Morgan fingerprint density at radius 2 is 2.10 bits per heavy atom. The van der Waals surface area contributed by atoms with Crippen molar-refractivity contribution in [3.05, 3.63) is 29.8 Å². The van der Waals surface area contributed by atoms with Gasteiger partial charge in [-0.2, -0.15) is 0 Å². The highest BCUT2D eigenvalue weighted by Gasteiger charge is 2.55. The second-order valence-corrected chi connectivity index (χ2v) is 7.73. The average Bonchev–Trinajstić information content (AvgIpc) is 2.98. The number of imide groups is 1. The van der Waals surface area contributed by atoms with Gasteiger partial charge in [-0.3, -0.25) is 19.3 Å². The molecule has 4 amide bonds. The normalized spacial score (nSPS) is 23.3. The van der Waals surface area contributed by atoms with Gasteiger partial charge in [0.05, 0.1) is 7.11 Å². The summed E-state index contributed by atoms with van der Waals surface area (Å²) in [5.41, 5.74) is -0.0933. The molecule has 1 heterocycles. The van der Waals surface area contributed by atoms with Gasteiger partial charge >= 0.3 is 12.0 Å². The highest BCUT2D eigenvalue weighted by molar-refractivity contribution is 6.09. The van der Waals surface area contributed by atoms with E-state index in [0.29, 0.717) is 12.2 Å². The van der Waals surface area contributed by atoms with E-state index in [1.165, 1.54) is 0 Å². The van der Waals surface area contributed by atoms with E-state index in [4.69, 9.17) is 9.47 Å². The predicted molar refractivity (Wildman–Crippen MR) is 106 cm³/mol. The van der Waals surface area contributed by atoms with Crippen LogP contribution in [-0.2, 0) is 25.7 Å². The molecule has 0 bridgehead atoms. The minimum absolute atomic E-state index is 0.00566. The molecule has 2 N–H and O–H groups in total. The van der Waals surface area contributed by atoms with Crippen LogP contribution in [-0.4, -0.2) is 54.5 Å². The number of carbonyl (C=O) groups excluding carboxylic acids is 4. The standard InChI is InChI=1S/C21H27N3O6/c1-14-6-3-4-9-21(14)19(27)24(20(28)23-21)12-18(26)30-13-17(25)22-11-15-7-5-8-16(10-15)29-2/h5,7-8,10,14H,3-4,6,9,11-13H2,1-2H3,(H,22,25)(H,23,28)/t14-,21-/m1/s1. The molecule has 3 rings (SSSR count). The van der Waals surface area contributed by atoms with E-state index in [0.717, 1.165) is 29.7 Å². The molecule has 30 heavy (non-hydrogen) atoms. The van der Waals surface area contributed by atoms with Gasteiger partial charge in [-0.05, 0) is 36.5 Å². The van der Waals surface area contributed by atoms with Crippen molar-refractivity contribution >= 4 is 23.8 Å². The van der Waals surface area contributed by atoms with Crippen LogP contribution in [0.4, 0.5) is 4.79 Å². The van der Waals surface area contributed by atoms with Gasteiger partial charge in [-0.25, -0.2) is 4.79 Å². The number of amides is 4. The van der Waals surface area contributed by atoms with Gasteiger partial charge in [-0.15, -0.1) is 0 Å². The van der Waals surface area contributed by atoms with Crippen LogP contribution < -0.4 is 15.4 Å². The molecule has 1 aromatic rings. The second-order valence-electron chi connectivity index (χ2n) is 7.73. The van der Waals surface area contributed by atoms with Crippen LogP contribution in [0.2, 0.25) is 0 Å². The first-order chi connectivity index (χ1) is 14.4.